The first kappa shape index (κ1) is 23.2. The molecule has 1 fully saturated rings. The summed E-state index contributed by atoms with van der Waals surface area (Å²) in [6.45, 7) is 2.82. The maximum Gasteiger partial charge on any atom is 0.295 e. The van der Waals surface area contributed by atoms with Crippen molar-refractivity contribution in [2.24, 2.45) is 0 Å². The van der Waals surface area contributed by atoms with Crippen LogP contribution in [-0.4, -0.2) is 28.3 Å². The normalized spacial score (nSPS) is 17.2. The fraction of sp³-hybridized carbons (Fsp3) is 0.214. The minimum Gasteiger partial charge on any atom is -0.507 e. The molecule has 1 N–H and O–H groups in total. The molecule has 3 aromatic carbocycles. The third-order valence-corrected chi connectivity index (χ3v) is 5.79. The van der Waals surface area contributed by atoms with Crippen molar-refractivity contribution in [1.82, 2.24) is 4.90 Å². The molecule has 1 amide bonds. The molecule has 1 aliphatic heterocycles. The summed E-state index contributed by atoms with van der Waals surface area (Å²) in [7, 11) is 0. The van der Waals surface area contributed by atoms with Crippen LogP contribution in [0.4, 0.5) is 4.39 Å². The SMILES string of the molecule is CCCCOc1cccc(C2/C(=C(\O)c3ccc(F)cc3)C(=O)C(=O)N2Cc2ccccc2)c1. The summed E-state index contributed by atoms with van der Waals surface area (Å²) in [5.74, 6) is -1.65. The number of ketones is 1. The minimum absolute atomic E-state index is 0.0294. The molecular formula is C28H26FNO4. The molecule has 1 saturated heterocycles. The van der Waals surface area contributed by atoms with Crippen molar-refractivity contribution < 1.29 is 23.8 Å². The van der Waals surface area contributed by atoms with Gasteiger partial charge in [-0.25, -0.2) is 4.39 Å². The van der Waals surface area contributed by atoms with E-state index in [0.29, 0.717) is 17.9 Å². The Labute approximate surface area is 198 Å². The molecule has 1 heterocycles. The van der Waals surface area contributed by atoms with E-state index in [4.69, 9.17) is 4.74 Å². The van der Waals surface area contributed by atoms with Gasteiger partial charge in [-0.2, -0.15) is 0 Å². The first-order valence-corrected chi connectivity index (χ1v) is 11.3. The van der Waals surface area contributed by atoms with E-state index >= 15 is 0 Å². The standard InChI is InChI=1S/C28H26FNO4/c1-2-3-16-34-23-11-7-10-21(17-23)25-24(26(31)20-12-14-22(29)15-13-20)27(32)28(33)30(25)18-19-8-5-4-6-9-19/h4-15,17,25,31H,2-3,16,18H2,1H3/b26-24+. The number of halogens is 1. The highest BCUT2D eigenvalue weighted by Crippen LogP contribution is 2.41. The number of hydrogen-bond acceptors (Lipinski definition) is 4. The quantitative estimate of drug-likeness (QED) is 0.205. The summed E-state index contributed by atoms with van der Waals surface area (Å²) in [5, 5.41) is 11.1. The molecule has 0 bridgehead atoms. The van der Waals surface area contributed by atoms with E-state index in [1.807, 2.05) is 36.4 Å². The van der Waals surface area contributed by atoms with Crippen molar-refractivity contribution in [2.45, 2.75) is 32.4 Å². The molecule has 34 heavy (non-hydrogen) atoms. The van der Waals surface area contributed by atoms with Crippen molar-refractivity contribution in [1.29, 1.82) is 0 Å². The zero-order valence-electron chi connectivity index (χ0n) is 18.9. The highest BCUT2D eigenvalue weighted by Gasteiger charge is 2.46. The highest BCUT2D eigenvalue weighted by atomic mass is 19.1. The zero-order valence-corrected chi connectivity index (χ0v) is 18.9. The molecule has 174 valence electrons. The van der Waals surface area contributed by atoms with Gasteiger partial charge < -0.3 is 14.7 Å². The predicted molar refractivity (Wildman–Crippen MR) is 128 cm³/mol. The van der Waals surface area contributed by atoms with Gasteiger partial charge >= 0.3 is 0 Å². The second-order valence-electron chi connectivity index (χ2n) is 8.19. The van der Waals surface area contributed by atoms with Gasteiger partial charge in [0, 0.05) is 12.1 Å². The average Bonchev–Trinajstić information content (AvgIpc) is 3.10. The Morgan fingerprint density at radius 1 is 1.00 bits per heavy atom. The summed E-state index contributed by atoms with van der Waals surface area (Å²) in [6.07, 6.45) is 1.90. The van der Waals surface area contributed by atoms with Crippen LogP contribution in [0.2, 0.25) is 0 Å². The van der Waals surface area contributed by atoms with E-state index in [-0.39, 0.29) is 23.4 Å². The molecule has 0 saturated carbocycles. The number of hydrogen-bond donors (Lipinski definition) is 1. The second-order valence-corrected chi connectivity index (χ2v) is 8.19. The molecular weight excluding hydrogens is 433 g/mol. The van der Waals surface area contributed by atoms with E-state index in [1.165, 1.54) is 29.2 Å². The van der Waals surface area contributed by atoms with Gasteiger partial charge in [-0.3, -0.25) is 9.59 Å². The first-order valence-electron chi connectivity index (χ1n) is 11.3. The monoisotopic (exact) mass is 459 g/mol. The maximum absolute atomic E-state index is 13.4. The number of unbranched alkanes of at least 4 members (excludes halogenated alkanes) is 1. The van der Waals surface area contributed by atoms with Crippen molar-refractivity contribution in [3.8, 4) is 5.75 Å². The lowest BCUT2D eigenvalue weighted by Crippen LogP contribution is -2.29. The summed E-state index contributed by atoms with van der Waals surface area (Å²) in [6, 6.07) is 20.9. The van der Waals surface area contributed by atoms with Crippen LogP contribution in [0.3, 0.4) is 0 Å². The number of benzene rings is 3. The van der Waals surface area contributed by atoms with Crippen molar-refractivity contribution in [3.05, 3.63) is 107 Å². The number of rotatable bonds is 8. The van der Waals surface area contributed by atoms with Crippen LogP contribution < -0.4 is 4.74 Å². The van der Waals surface area contributed by atoms with Crippen LogP contribution >= 0.6 is 0 Å². The molecule has 0 spiro atoms. The van der Waals surface area contributed by atoms with Crippen LogP contribution in [0.25, 0.3) is 5.76 Å². The Morgan fingerprint density at radius 2 is 1.74 bits per heavy atom. The number of likely N-dealkylation sites (tertiary alicyclic amines) is 1. The summed E-state index contributed by atoms with van der Waals surface area (Å²) in [5.41, 5.74) is 1.73. The van der Waals surface area contributed by atoms with E-state index in [1.54, 1.807) is 18.2 Å². The summed E-state index contributed by atoms with van der Waals surface area (Å²) >= 11 is 0. The lowest BCUT2D eigenvalue weighted by atomic mass is 9.95. The number of nitrogens with zero attached hydrogens (tertiary/aromatic N) is 1. The molecule has 6 heteroatoms. The van der Waals surface area contributed by atoms with Gasteiger partial charge in [0.1, 0.15) is 17.3 Å². The van der Waals surface area contributed by atoms with E-state index in [0.717, 1.165) is 18.4 Å². The molecule has 0 radical (unpaired) electrons. The van der Waals surface area contributed by atoms with Crippen LogP contribution in [0.15, 0.2) is 84.4 Å². The Hall–Kier alpha value is -3.93. The Bertz CT molecular complexity index is 1200. The largest absolute Gasteiger partial charge is 0.507 e. The second kappa shape index (κ2) is 10.3. The molecule has 1 unspecified atom stereocenters. The van der Waals surface area contributed by atoms with Crippen LogP contribution in [0.5, 0.6) is 5.75 Å². The third kappa shape index (κ3) is 4.86. The topological polar surface area (TPSA) is 66.8 Å². The lowest BCUT2D eigenvalue weighted by molar-refractivity contribution is -0.140. The smallest absolute Gasteiger partial charge is 0.295 e. The number of amides is 1. The molecule has 5 nitrogen and oxygen atoms in total. The van der Waals surface area contributed by atoms with Crippen molar-refractivity contribution >= 4 is 17.4 Å². The average molecular weight is 460 g/mol. The zero-order chi connectivity index (χ0) is 24.1. The van der Waals surface area contributed by atoms with Crippen molar-refractivity contribution in [3.63, 3.8) is 0 Å². The van der Waals surface area contributed by atoms with Gasteiger partial charge in [-0.05, 0) is 53.9 Å². The molecule has 1 aliphatic rings. The molecule has 0 aliphatic carbocycles. The minimum atomic E-state index is -0.819. The summed E-state index contributed by atoms with van der Waals surface area (Å²) in [4.78, 5) is 27.7. The number of aliphatic hydroxyl groups is 1. The van der Waals surface area contributed by atoms with Gasteiger partial charge in [0.15, 0.2) is 0 Å². The maximum atomic E-state index is 13.4. The third-order valence-electron chi connectivity index (χ3n) is 5.79. The van der Waals surface area contributed by atoms with Gasteiger partial charge in [0.2, 0.25) is 0 Å². The predicted octanol–water partition coefficient (Wildman–Crippen LogP) is 5.63. The molecule has 4 rings (SSSR count). The van der Waals surface area contributed by atoms with E-state index in [9.17, 15) is 19.1 Å². The van der Waals surface area contributed by atoms with E-state index in [2.05, 4.69) is 6.92 Å². The number of ether oxygens (including phenoxy) is 1. The lowest BCUT2D eigenvalue weighted by Gasteiger charge is -2.26. The number of carbonyl (C=O) groups is 2. The number of carbonyl (C=O) groups excluding carboxylic acids is 2. The Kier molecular flexibility index (Phi) is 7.07. The first-order chi connectivity index (χ1) is 16.5. The highest BCUT2D eigenvalue weighted by molar-refractivity contribution is 6.46. The van der Waals surface area contributed by atoms with Crippen LogP contribution in [-0.2, 0) is 16.1 Å². The fourth-order valence-electron chi connectivity index (χ4n) is 4.04. The van der Waals surface area contributed by atoms with Crippen LogP contribution in [0.1, 0.15) is 42.5 Å². The van der Waals surface area contributed by atoms with Crippen LogP contribution in [0, 0.1) is 5.82 Å². The molecule has 1 atom stereocenters. The van der Waals surface area contributed by atoms with Gasteiger partial charge in [0.25, 0.3) is 11.7 Å². The number of aliphatic hydroxyl groups excluding tert-OH is 1. The number of Topliss-reactive ketones (excluding diaryl/α,β-unsaturated/α-hetero) is 1. The fourth-order valence-corrected chi connectivity index (χ4v) is 4.04. The molecule has 3 aromatic rings. The molecule has 0 aromatic heterocycles. The van der Waals surface area contributed by atoms with Gasteiger partial charge in [-0.15, -0.1) is 0 Å². The van der Waals surface area contributed by atoms with Gasteiger partial charge in [-0.1, -0.05) is 55.8 Å². The Balaban J connectivity index is 1.80. The Morgan fingerprint density at radius 3 is 2.44 bits per heavy atom. The van der Waals surface area contributed by atoms with Crippen molar-refractivity contribution in [2.75, 3.05) is 6.61 Å². The van der Waals surface area contributed by atoms with E-state index < -0.39 is 23.5 Å². The summed E-state index contributed by atoms with van der Waals surface area (Å²) < 4.78 is 19.3. The van der Waals surface area contributed by atoms with Gasteiger partial charge in [0.05, 0.1) is 18.2 Å².